The highest BCUT2D eigenvalue weighted by atomic mass is 16.5. The minimum atomic E-state index is -1.16. The van der Waals surface area contributed by atoms with E-state index in [4.69, 9.17) is 4.74 Å². The molecule has 29 heavy (non-hydrogen) atoms. The number of carbonyl (C=O) groups is 4. The number of carbonyl (C=O) groups excluding carboxylic acids is 4. The van der Waals surface area contributed by atoms with Crippen molar-refractivity contribution in [3.63, 3.8) is 0 Å². The third-order valence-corrected chi connectivity index (χ3v) is 5.05. The van der Waals surface area contributed by atoms with Gasteiger partial charge in [-0.3, -0.25) is 19.3 Å². The quantitative estimate of drug-likeness (QED) is 0.601. The summed E-state index contributed by atoms with van der Waals surface area (Å²) in [5, 5.41) is 2.83. The molecule has 0 aromatic heterocycles. The molecule has 1 aliphatic carbocycles. The number of rotatable bonds is 6. The Bertz CT molecular complexity index is 949. The van der Waals surface area contributed by atoms with E-state index in [0.29, 0.717) is 5.56 Å². The number of fused-ring (bicyclic) bond motifs is 1. The Morgan fingerprint density at radius 3 is 2.07 bits per heavy atom. The molecule has 3 amide bonds. The van der Waals surface area contributed by atoms with Gasteiger partial charge in [-0.2, -0.15) is 0 Å². The maximum atomic E-state index is 12.8. The number of ether oxygens (including phenoxy) is 1. The van der Waals surface area contributed by atoms with E-state index in [-0.39, 0.29) is 17.2 Å². The van der Waals surface area contributed by atoms with Crippen molar-refractivity contribution < 1.29 is 23.9 Å². The summed E-state index contributed by atoms with van der Waals surface area (Å²) in [4.78, 5) is 51.6. The van der Waals surface area contributed by atoms with Crippen LogP contribution in [-0.4, -0.2) is 40.7 Å². The number of hydrogen-bond donors (Lipinski definition) is 1. The van der Waals surface area contributed by atoms with Gasteiger partial charge >= 0.3 is 5.97 Å². The molecule has 0 unspecified atom stereocenters. The van der Waals surface area contributed by atoms with Crippen LogP contribution in [0.1, 0.15) is 52.1 Å². The summed E-state index contributed by atoms with van der Waals surface area (Å²) in [6, 6.07) is 14.0. The molecule has 7 nitrogen and oxygen atoms in total. The van der Waals surface area contributed by atoms with Gasteiger partial charge in [-0.25, -0.2) is 4.79 Å². The molecule has 1 fully saturated rings. The molecular formula is C22H20N2O5. The van der Waals surface area contributed by atoms with Crippen molar-refractivity contribution in [3.05, 3.63) is 71.3 Å². The number of imide groups is 1. The Morgan fingerprint density at radius 2 is 1.52 bits per heavy atom. The number of benzene rings is 2. The second-order valence-corrected chi connectivity index (χ2v) is 7.21. The average Bonchev–Trinajstić information content (AvgIpc) is 3.51. The van der Waals surface area contributed by atoms with Crippen LogP contribution in [0.3, 0.4) is 0 Å². The van der Waals surface area contributed by atoms with E-state index in [9.17, 15) is 19.2 Å². The first-order valence-corrected chi connectivity index (χ1v) is 9.50. The fourth-order valence-electron chi connectivity index (χ4n) is 3.28. The largest absolute Gasteiger partial charge is 0.446 e. The van der Waals surface area contributed by atoms with Crippen molar-refractivity contribution >= 4 is 23.7 Å². The van der Waals surface area contributed by atoms with Gasteiger partial charge < -0.3 is 10.1 Å². The van der Waals surface area contributed by atoms with Crippen LogP contribution in [0.25, 0.3) is 0 Å². The van der Waals surface area contributed by atoms with Crippen molar-refractivity contribution in [3.8, 4) is 0 Å². The molecule has 1 heterocycles. The summed E-state index contributed by atoms with van der Waals surface area (Å²) in [6.45, 7) is 1.42. The second-order valence-electron chi connectivity index (χ2n) is 7.21. The van der Waals surface area contributed by atoms with Gasteiger partial charge in [0, 0.05) is 11.6 Å². The van der Waals surface area contributed by atoms with E-state index in [0.717, 1.165) is 17.7 Å². The predicted octanol–water partition coefficient (Wildman–Crippen LogP) is 2.23. The molecule has 1 N–H and O–H groups in total. The average molecular weight is 392 g/mol. The third kappa shape index (κ3) is 3.63. The van der Waals surface area contributed by atoms with E-state index in [1.54, 1.807) is 54.6 Å². The normalized spacial score (nSPS) is 17.5. The van der Waals surface area contributed by atoms with Crippen LogP contribution in [0.5, 0.6) is 0 Å². The topological polar surface area (TPSA) is 92.8 Å². The molecule has 4 rings (SSSR count). The molecule has 2 aromatic carbocycles. The maximum absolute atomic E-state index is 12.8. The second kappa shape index (κ2) is 7.50. The van der Waals surface area contributed by atoms with Gasteiger partial charge in [-0.1, -0.05) is 42.5 Å². The molecular weight excluding hydrogens is 372 g/mol. The monoisotopic (exact) mass is 392 g/mol. The Balaban J connectivity index is 1.54. The van der Waals surface area contributed by atoms with Gasteiger partial charge in [-0.15, -0.1) is 0 Å². The lowest BCUT2D eigenvalue weighted by Gasteiger charge is -2.24. The van der Waals surface area contributed by atoms with Crippen molar-refractivity contribution in [1.29, 1.82) is 0 Å². The summed E-state index contributed by atoms with van der Waals surface area (Å²) in [5.41, 5.74) is 1.03. The van der Waals surface area contributed by atoms with Crippen LogP contribution < -0.4 is 5.32 Å². The number of esters is 1. The molecule has 0 saturated heterocycles. The van der Waals surface area contributed by atoms with E-state index in [1.165, 1.54) is 6.92 Å². The maximum Gasteiger partial charge on any atom is 0.330 e. The standard InChI is InChI=1S/C22H20N2O5/c1-13(24-20(26)16-9-5-6-10-17(16)21(24)27)22(28)29-18(14-7-3-2-4-8-14)19(25)23-15-11-12-15/h2-10,13,15,18H,11-12H2,1H3,(H,23,25)/t13-,18-/m1/s1. The molecule has 1 saturated carbocycles. The number of amides is 3. The van der Waals surface area contributed by atoms with Gasteiger partial charge in [0.15, 0.2) is 0 Å². The summed E-state index contributed by atoms with van der Waals surface area (Å²) < 4.78 is 5.50. The zero-order chi connectivity index (χ0) is 20.5. The van der Waals surface area contributed by atoms with Gasteiger partial charge in [0.05, 0.1) is 11.1 Å². The van der Waals surface area contributed by atoms with Crippen LogP contribution in [0, 0.1) is 0 Å². The summed E-state index contributed by atoms with van der Waals surface area (Å²) in [6.07, 6.45) is 0.640. The highest BCUT2D eigenvalue weighted by molar-refractivity contribution is 6.22. The molecule has 2 aliphatic rings. The van der Waals surface area contributed by atoms with Crippen LogP contribution >= 0.6 is 0 Å². The molecule has 7 heteroatoms. The number of hydrogen-bond acceptors (Lipinski definition) is 5. The predicted molar refractivity (Wildman–Crippen MR) is 103 cm³/mol. The van der Waals surface area contributed by atoms with E-state index >= 15 is 0 Å². The van der Waals surface area contributed by atoms with Gasteiger partial charge in [-0.05, 0) is 31.9 Å². The van der Waals surface area contributed by atoms with E-state index < -0.39 is 35.8 Å². The van der Waals surface area contributed by atoms with Gasteiger partial charge in [0.1, 0.15) is 6.04 Å². The minimum absolute atomic E-state index is 0.0982. The summed E-state index contributed by atoms with van der Waals surface area (Å²) in [5.74, 6) is -2.33. The SMILES string of the molecule is C[C@H](C(=O)O[C@@H](C(=O)NC1CC1)c1ccccc1)N1C(=O)c2ccccc2C1=O. The minimum Gasteiger partial charge on any atom is -0.446 e. The fourth-order valence-corrected chi connectivity index (χ4v) is 3.28. The lowest BCUT2D eigenvalue weighted by atomic mass is 10.1. The van der Waals surface area contributed by atoms with Crippen LogP contribution in [0.4, 0.5) is 0 Å². The molecule has 2 atom stereocenters. The summed E-state index contributed by atoms with van der Waals surface area (Å²) >= 11 is 0. The third-order valence-electron chi connectivity index (χ3n) is 5.05. The Hall–Kier alpha value is -3.48. The first-order chi connectivity index (χ1) is 14.0. The van der Waals surface area contributed by atoms with Crippen molar-refractivity contribution in [2.45, 2.75) is 38.0 Å². The Kier molecular flexibility index (Phi) is 4.88. The number of nitrogens with one attached hydrogen (secondary N) is 1. The zero-order valence-corrected chi connectivity index (χ0v) is 15.8. The fraction of sp³-hybridized carbons (Fsp3) is 0.273. The molecule has 0 bridgehead atoms. The molecule has 0 spiro atoms. The van der Waals surface area contributed by atoms with Gasteiger partial charge in [0.2, 0.25) is 6.10 Å². The molecule has 2 aromatic rings. The molecule has 0 radical (unpaired) electrons. The first kappa shape index (κ1) is 18.9. The van der Waals surface area contributed by atoms with E-state index in [1.807, 2.05) is 0 Å². The lowest BCUT2D eigenvalue weighted by Crippen LogP contribution is -2.45. The van der Waals surface area contributed by atoms with Crippen LogP contribution in [0.15, 0.2) is 54.6 Å². The van der Waals surface area contributed by atoms with Crippen LogP contribution in [-0.2, 0) is 14.3 Å². The molecule has 1 aliphatic heterocycles. The van der Waals surface area contributed by atoms with Crippen molar-refractivity contribution in [1.82, 2.24) is 10.2 Å². The van der Waals surface area contributed by atoms with Gasteiger partial charge in [0.25, 0.3) is 17.7 Å². The van der Waals surface area contributed by atoms with E-state index in [2.05, 4.69) is 5.32 Å². The van der Waals surface area contributed by atoms with Crippen molar-refractivity contribution in [2.24, 2.45) is 0 Å². The highest BCUT2D eigenvalue weighted by Crippen LogP contribution is 2.27. The first-order valence-electron chi connectivity index (χ1n) is 9.50. The number of nitrogens with zero attached hydrogens (tertiary/aromatic N) is 1. The lowest BCUT2D eigenvalue weighted by molar-refractivity contribution is -0.159. The Labute approximate surface area is 167 Å². The summed E-state index contributed by atoms with van der Waals surface area (Å²) in [7, 11) is 0. The van der Waals surface area contributed by atoms with Crippen LogP contribution in [0.2, 0.25) is 0 Å². The molecule has 148 valence electrons. The smallest absolute Gasteiger partial charge is 0.330 e. The highest BCUT2D eigenvalue weighted by Gasteiger charge is 2.42. The van der Waals surface area contributed by atoms with Crippen molar-refractivity contribution in [2.75, 3.05) is 0 Å². The zero-order valence-electron chi connectivity index (χ0n) is 15.8. The Morgan fingerprint density at radius 1 is 0.966 bits per heavy atom.